The van der Waals surface area contributed by atoms with Crippen molar-refractivity contribution in [1.82, 2.24) is 0 Å². The van der Waals surface area contributed by atoms with E-state index in [1.807, 2.05) is 12.1 Å². The van der Waals surface area contributed by atoms with E-state index in [4.69, 9.17) is 9.47 Å². The Morgan fingerprint density at radius 3 is 2.88 bits per heavy atom. The van der Waals surface area contributed by atoms with E-state index in [9.17, 15) is 4.79 Å². The normalized spacial score (nSPS) is 15.2. The molecule has 0 aromatic heterocycles. The maximum absolute atomic E-state index is 11.4. The molecule has 17 heavy (non-hydrogen) atoms. The highest BCUT2D eigenvalue weighted by Gasteiger charge is 2.17. The Bertz CT molecular complexity index is 412. The molecule has 3 nitrogen and oxygen atoms in total. The van der Waals surface area contributed by atoms with Gasteiger partial charge in [0.1, 0.15) is 5.75 Å². The molecule has 0 radical (unpaired) electrons. The van der Waals surface area contributed by atoms with Crippen LogP contribution in [0.2, 0.25) is 0 Å². The van der Waals surface area contributed by atoms with Crippen LogP contribution in [0.1, 0.15) is 31.4 Å². The molecule has 0 saturated carbocycles. The number of benzene rings is 1. The Hall–Kier alpha value is -1.51. The molecule has 2 rings (SSSR count). The van der Waals surface area contributed by atoms with E-state index in [1.165, 1.54) is 17.5 Å². The van der Waals surface area contributed by atoms with Gasteiger partial charge in [0.15, 0.2) is 6.10 Å². The van der Waals surface area contributed by atoms with Crippen LogP contribution in [0.5, 0.6) is 5.75 Å². The molecule has 1 aromatic rings. The fourth-order valence-corrected chi connectivity index (χ4v) is 2.13. The average molecular weight is 234 g/mol. The molecule has 1 aromatic carbocycles. The first-order valence-electron chi connectivity index (χ1n) is 6.16. The van der Waals surface area contributed by atoms with Gasteiger partial charge in [-0.25, -0.2) is 4.79 Å². The lowest BCUT2D eigenvalue weighted by molar-refractivity contribution is -0.150. The smallest absolute Gasteiger partial charge is 0.347 e. The summed E-state index contributed by atoms with van der Waals surface area (Å²) in [6, 6.07) is 6.06. The van der Waals surface area contributed by atoms with Crippen LogP contribution in [0.3, 0.4) is 0 Å². The van der Waals surface area contributed by atoms with Gasteiger partial charge in [0.25, 0.3) is 0 Å². The molecule has 0 amide bonds. The van der Waals surface area contributed by atoms with Crippen LogP contribution in [-0.2, 0) is 22.4 Å². The van der Waals surface area contributed by atoms with Gasteiger partial charge >= 0.3 is 5.97 Å². The number of ether oxygens (including phenoxy) is 2. The predicted molar refractivity (Wildman–Crippen MR) is 65.2 cm³/mol. The number of carbonyl (C=O) groups is 1. The van der Waals surface area contributed by atoms with Crippen LogP contribution in [0, 0.1) is 0 Å². The lowest BCUT2D eigenvalue weighted by Crippen LogP contribution is -2.26. The molecular weight excluding hydrogens is 216 g/mol. The lowest BCUT2D eigenvalue weighted by Gasteiger charge is -2.14. The zero-order valence-corrected chi connectivity index (χ0v) is 10.4. The summed E-state index contributed by atoms with van der Waals surface area (Å²) in [7, 11) is 0. The van der Waals surface area contributed by atoms with Gasteiger partial charge in [-0.1, -0.05) is 6.07 Å². The molecule has 92 valence electrons. The molecule has 0 unspecified atom stereocenters. The van der Waals surface area contributed by atoms with Crippen LogP contribution >= 0.6 is 0 Å². The molecule has 0 bridgehead atoms. The number of hydrogen-bond acceptors (Lipinski definition) is 3. The number of fused-ring (bicyclic) bond motifs is 1. The highest BCUT2D eigenvalue weighted by atomic mass is 16.6. The van der Waals surface area contributed by atoms with E-state index >= 15 is 0 Å². The number of esters is 1. The maximum Gasteiger partial charge on any atom is 0.347 e. The SMILES string of the molecule is CCOC(=O)[C@@H](C)Oc1ccc2c(c1)CCC2. The second kappa shape index (κ2) is 5.21. The Balaban J connectivity index is 2.01. The van der Waals surface area contributed by atoms with Crippen molar-refractivity contribution in [2.24, 2.45) is 0 Å². The highest BCUT2D eigenvalue weighted by molar-refractivity contribution is 5.74. The second-order valence-electron chi connectivity index (χ2n) is 4.30. The second-order valence-corrected chi connectivity index (χ2v) is 4.30. The molecule has 0 fully saturated rings. The van der Waals surface area contributed by atoms with Crippen molar-refractivity contribution < 1.29 is 14.3 Å². The molecule has 1 aliphatic rings. The van der Waals surface area contributed by atoms with Crippen molar-refractivity contribution in [2.75, 3.05) is 6.61 Å². The summed E-state index contributed by atoms with van der Waals surface area (Å²) in [6.45, 7) is 3.89. The third-order valence-electron chi connectivity index (χ3n) is 3.00. The van der Waals surface area contributed by atoms with Crippen LogP contribution in [-0.4, -0.2) is 18.7 Å². The van der Waals surface area contributed by atoms with Crippen LogP contribution in [0.4, 0.5) is 0 Å². The van der Waals surface area contributed by atoms with E-state index in [2.05, 4.69) is 6.07 Å². The number of carbonyl (C=O) groups excluding carboxylic acids is 1. The van der Waals surface area contributed by atoms with E-state index in [1.54, 1.807) is 13.8 Å². The van der Waals surface area contributed by atoms with Crippen molar-refractivity contribution in [3.8, 4) is 5.75 Å². The Kier molecular flexibility index (Phi) is 3.67. The Morgan fingerprint density at radius 1 is 1.35 bits per heavy atom. The van der Waals surface area contributed by atoms with E-state index in [0.29, 0.717) is 6.61 Å². The molecule has 0 N–H and O–H groups in total. The Morgan fingerprint density at radius 2 is 2.12 bits per heavy atom. The predicted octanol–water partition coefficient (Wildman–Crippen LogP) is 2.51. The summed E-state index contributed by atoms with van der Waals surface area (Å²) in [5, 5.41) is 0. The molecular formula is C14H18O3. The molecule has 1 atom stereocenters. The van der Waals surface area contributed by atoms with Crippen LogP contribution < -0.4 is 4.74 Å². The minimum atomic E-state index is -0.547. The quantitative estimate of drug-likeness (QED) is 0.751. The van der Waals surface area contributed by atoms with Crippen molar-refractivity contribution in [1.29, 1.82) is 0 Å². The third-order valence-corrected chi connectivity index (χ3v) is 3.00. The third kappa shape index (κ3) is 2.78. The standard InChI is InChI=1S/C14H18O3/c1-3-16-14(15)10(2)17-13-8-7-11-5-4-6-12(11)9-13/h7-10H,3-6H2,1-2H3/t10-/m1/s1. The fourth-order valence-electron chi connectivity index (χ4n) is 2.13. The minimum absolute atomic E-state index is 0.312. The van der Waals surface area contributed by atoms with Gasteiger partial charge in [-0.05, 0) is 56.4 Å². The van der Waals surface area contributed by atoms with Crippen molar-refractivity contribution in [3.05, 3.63) is 29.3 Å². The number of hydrogen-bond donors (Lipinski definition) is 0. The van der Waals surface area contributed by atoms with Crippen LogP contribution in [0.25, 0.3) is 0 Å². The van der Waals surface area contributed by atoms with Gasteiger partial charge in [-0.3, -0.25) is 0 Å². The molecule has 3 heteroatoms. The molecule has 1 aliphatic carbocycles. The monoisotopic (exact) mass is 234 g/mol. The zero-order valence-electron chi connectivity index (χ0n) is 10.4. The summed E-state index contributed by atoms with van der Waals surface area (Å²) in [5.74, 6) is 0.444. The largest absolute Gasteiger partial charge is 0.479 e. The lowest BCUT2D eigenvalue weighted by atomic mass is 10.1. The highest BCUT2D eigenvalue weighted by Crippen LogP contribution is 2.26. The summed E-state index contributed by atoms with van der Waals surface area (Å²) in [5.41, 5.74) is 2.75. The van der Waals surface area contributed by atoms with Crippen molar-refractivity contribution >= 4 is 5.97 Å². The Labute approximate surface area is 102 Å². The first kappa shape index (κ1) is 12.0. The first-order valence-corrected chi connectivity index (χ1v) is 6.16. The molecule has 0 spiro atoms. The van der Waals surface area contributed by atoms with Crippen molar-refractivity contribution in [3.63, 3.8) is 0 Å². The van der Waals surface area contributed by atoms with Gasteiger partial charge in [-0.2, -0.15) is 0 Å². The first-order chi connectivity index (χ1) is 8.20. The topological polar surface area (TPSA) is 35.5 Å². The van der Waals surface area contributed by atoms with Gasteiger partial charge in [0.05, 0.1) is 6.61 Å². The molecule has 0 heterocycles. The number of rotatable bonds is 4. The molecule has 0 saturated heterocycles. The van der Waals surface area contributed by atoms with Gasteiger partial charge < -0.3 is 9.47 Å². The van der Waals surface area contributed by atoms with Gasteiger partial charge in [-0.15, -0.1) is 0 Å². The molecule has 0 aliphatic heterocycles. The summed E-state index contributed by atoms with van der Waals surface area (Å²) < 4.78 is 10.5. The summed E-state index contributed by atoms with van der Waals surface area (Å²) in [4.78, 5) is 11.4. The summed E-state index contributed by atoms with van der Waals surface area (Å²) >= 11 is 0. The van der Waals surface area contributed by atoms with Gasteiger partial charge in [0.2, 0.25) is 0 Å². The fraction of sp³-hybridized carbons (Fsp3) is 0.500. The van der Waals surface area contributed by atoms with Crippen molar-refractivity contribution in [2.45, 2.75) is 39.2 Å². The number of aryl methyl sites for hydroxylation is 2. The van der Waals surface area contributed by atoms with E-state index in [-0.39, 0.29) is 5.97 Å². The van der Waals surface area contributed by atoms with E-state index < -0.39 is 6.10 Å². The minimum Gasteiger partial charge on any atom is -0.479 e. The average Bonchev–Trinajstić information content (AvgIpc) is 2.76. The van der Waals surface area contributed by atoms with Crippen LogP contribution in [0.15, 0.2) is 18.2 Å². The van der Waals surface area contributed by atoms with E-state index in [0.717, 1.165) is 18.6 Å². The van der Waals surface area contributed by atoms with Gasteiger partial charge in [0, 0.05) is 0 Å². The summed E-state index contributed by atoms with van der Waals surface area (Å²) in [6.07, 6.45) is 2.93. The zero-order chi connectivity index (χ0) is 12.3. The maximum atomic E-state index is 11.4.